The summed E-state index contributed by atoms with van der Waals surface area (Å²) in [4.78, 5) is 0.185. The number of benzene rings is 1. The van der Waals surface area contributed by atoms with Crippen molar-refractivity contribution in [2.45, 2.75) is 18.4 Å². The van der Waals surface area contributed by atoms with Crippen LogP contribution in [0.15, 0.2) is 35.4 Å². The molecule has 19 heavy (non-hydrogen) atoms. The Bertz CT molecular complexity index is 679. The van der Waals surface area contributed by atoms with E-state index in [9.17, 15) is 8.42 Å². The number of anilines is 1. The van der Waals surface area contributed by atoms with E-state index in [1.807, 2.05) is 18.2 Å². The number of nitrogen functional groups attached to an aromatic ring is 1. The number of aromatic amines is 1. The van der Waals surface area contributed by atoms with Gasteiger partial charge in [-0.05, 0) is 18.6 Å². The van der Waals surface area contributed by atoms with Crippen LogP contribution >= 0.6 is 0 Å². The SMILES string of the molecule is Cc1[nH]ncc1S(=O)(=O)N(C)Cc1ccccc1N. The van der Waals surface area contributed by atoms with E-state index in [0.29, 0.717) is 11.4 Å². The second-order valence-corrected chi connectivity index (χ2v) is 6.33. The fourth-order valence-electron chi connectivity index (χ4n) is 1.77. The molecule has 0 saturated heterocycles. The summed E-state index contributed by atoms with van der Waals surface area (Å²) in [5.74, 6) is 0. The van der Waals surface area contributed by atoms with Crippen molar-refractivity contribution in [3.63, 3.8) is 0 Å². The van der Waals surface area contributed by atoms with Crippen LogP contribution in [-0.4, -0.2) is 30.0 Å². The molecule has 0 aliphatic carbocycles. The van der Waals surface area contributed by atoms with Gasteiger partial charge in [0.15, 0.2) is 0 Å². The lowest BCUT2D eigenvalue weighted by Crippen LogP contribution is -2.27. The zero-order valence-corrected chi connectivity index (χ0v) is 11.6. The number of aryl methyl sites for hydroxylation is 1. The van der Waals surface area contributed by atoms with Crippen LogP contribution in [0.25, 0.3) is 0 Å². The van der Waals surface area contributed by atoms with Crippen molar-refractivity contribution >= 4 is 15.7 Å². The first-order valence-electron chi connectivity index (χ1n) is 5.72. The molecule has 1 heterocycles. The van der Waals surface area contributed by atoms with Crippen LogP contribution in [0.5, 0.6) is 0 Å². The van der Waals surface area contributed by atoms with Gasteiger partial charge in [-0.2, -0.15) is 9.40 Å². The molecule has 0 aliphatic rings. The Morgan fingerprint density at radius 1 is 1.37 bits per heavy atom. The number of para-hydroxylation sites is 1. The molecule has 0 radical (unpaired) electrons. The third-order valence-electron chi connectivity index (χ3n) is 2.92. The predicted molar refractivity (Wildman–Crippen MR) is 72.8 cm³/mol. The van der Waals surface area contributed by atoms with Gasteiger partial charge >= 0.3 is 0 Å². The fourth-order valence-corrected chi connectivity index (χ4v) is 3.03. The van der Waals surface area contributed by atoms with Crippen LogP contribution in [0.1, 0.15) is 11.3 Å². The fraction of sp³-hybridized carbons (Fsp3) is 0.250. The highest BCUT2D eigenvalue weighted by atomic mass is 32.2. The third kappa shape index (κ3) is 2.61. The number of nitrogens with two attached hydrogens (primary N) is 1. The van der Waals surface area contributed by atoms with Crippen LogP contribution in [0.4, 0.5) is 5.69 Å². The van der Waals surface area contributed by atoms with Gasteiger partial charge in [-0.15, -0.1) is 0 Å². The quantitative estimate of drug-likeness (QED) is 0.821. The zero-order valence-electron chi connectivity index (χ0n) is 10.8. The highest BCUT2D eigenvalue weighted by molar-refractivity contribution is 7.89. The average molecular weight is 280 g/mol. The monoisotopic (exact) mass is 280 g/mol. The molecule has 1 aromatic heterocycles. The molecule has 0 amide bonds. The summed E-state index contributed by atoms with van der Waals surface area (Å²) in [5, 5.41) is 6.36. The lowest BCUT2D eigenvalue weighted by molar-refractivity contribution is 0.467. The minimum atomic E-state index is -3.56. The molecule has 0 atom stereocenters. The number of nitrogens with zero attached hydrogens (tertiary/aromatic N) is 2. The molecular weight excluding hydrogens is 264 g/mol. The molecule has 2 aromatic rings. The minimum absolute atomic E-state index is 0.185. The molecule has 0 bridgehead atoms. The number of hydrogen-bond donors (Lipinski definition) is 2. The van der Waals surface area contributed by atoms with E-state index in [1.54, 1.807) is 13.0 Å². The second-order valence-electron chi connectivity index (χ2n) is 4.32. The van der Waals surface area contributed by atoms with Crippen molar-refractivity contribution in [2.24, 2.45) is 0 Å². The summed E-state index contributed by atoms with van der Waals surface area (Å²) in [5.41, 5.74) is 7.69. The molecule has 0 unspecified atom stereocenters. The maximum Gasteiger partial charge on any atom is 0.246 e. The first-order chi connectivity index (χ1) is 8.93. The van der Waals surface area contributed by atoms with Gasteiger partial charge in [0.2, 0.25) is 10.0 Å². The number of H-pyrrole nitrogens is 1. The van der Waals surface area contributed by atoms with Gasteiger partial charge in [0.05, 0.1) is 11.9 Å². The van der Waals surface area contributed by atoms with Crippen molar-refractivity contribution in [3.05, 3.63) is 41.7 Å². The Balaban J connectivity index is 2.28. The highest BCUT2D eigenvalue weighted by Gasteiger charge is 2.24. The van der Waals surface area contributed by atoms with E-state index in [4.69, 9.17) is 5.73 Å². The number of nitrogens with one attached hydrogen (secondary N) is 1. The molecule has 3 N–H and O–H groups in total. The van der Waals surface area contributed by atoms with Crippen LogP contribution in [0, 0.1) is 6.92 Å². The molecule has 2 rings (SSSR count). The Labute approximate surface area is 112 Å². The maximum atomic E-state index is 12.4. The van der Waals surface area contributed by atoms with Gasteiger partial charge in [-0.1, -0.05) is 18.2 Å². The molecule has 6 nitrogen and oxygen atoms in total. The summed E-state index contributed by atoms with van der Waals surface area (Å²) < 4.78 is 26.0. The summed E-state index contributed by atoms with van der Waals surface area (Å²) in [6, 6.07) is 7.20. The van der Waals surface area contributed by atoms with Crippen LogP contribution < -0.4 is 5.73 Å². The standard InChI is InChI=1S/C12H16N4O2S/c1-9-12(7-14-15-9)19(17,18)16(2)8-10-5-3-4-6-11(10)13/h3-7H,8,13H2,1-2H3,(H,14,15). The highest BCUT2D eigenvalue weighted by Crippen LogP contribution is 2.20. The van der Waals surface area contributed by atoms with Crippen molar-refractivity contribution in [3.8, 4) is 0 Å². The largest absolute Gasteiger partial charge is 0.398 e. The molecule has 0 spiro atoms. The minimum Gasteiger partial charge on any atom is -0.398 e. The Hall–Kier alpha value is -1.86. The maximum absolute atomic E-state index is 12.4. The van der Waals surface area contributed by atoms with Crippen LogP contribution in [0.3, 0.4) is 0 Å². The molecule has 7 heteroatoms. The molecule has 0 fully saturated rings. The molecule has 102 valence electrons. The van der Waals surface area contributed by atoms with Crippen molar-refractivity contribution in [2.75, 3.05) is 12.8 Å². The van der Waals surface area contributed by atoms with Gasteiger partial charge in [-0.3, -0.25) is 5.10 Å². The van der Waals surface area contributed by atoms with Gasteiger partial charge < -0.3 is 5.73 Å². The summed E-state index contributed by atoms with van der Waals surface area (Å²) in [7, 11) is -2.04. The van der Waals surface area contributed by atoms with Crippen molar-refractivity contribution < 1.29 is 8.42 Å². The molecule has 1 aromatic carbocycles. The number of hydrogen-bond acceptors (Lipinski definition) is 4. The van der Waals surface area contributed by atoms with Crippen molar-refractivity contribution in [1.82, 2.24) is 14.5 Å². The van der Waals surface area contributed by atoms with Gasteiger partial charge in [-0.25, -0.2) is 8.42 Å². The predicted octanol–water partition coefficient (Wildman–Crippen LogP) is 1.12. The van der Waals surface area contributed by atoms with Crippen LogP contribution in [0.2, 0.25) is 0 Å². The smallest absolute Gasteiger partial charge is 0.246 e. The molecule has 0 saturated carbocycles. The lowest BCUT2D eigenvalue weighted by Gasteiger charge is -2.17. The van der Waals surface area contributed by atoms with E-state index in [0.717, 1.165) is 5.56 Å². The topological polar surface area (TPSA) is 92.1 Å². The lowest BCUT2D eigenvalue weighted by atomic mass is 10.2. The van der Waals surface area contributed by atoms with Gasteiger partial charge in [0, 0.05) is 19.3 Å². The molecule has 0 aliphatic heterocycles. The van der Waals surface area contributed by atoms with Crippen LogP contribution in [-0.2, 0) is 16.6 Å². The normalized spacial score (nSPS) is 11.9. The number of rotatable bonds is 4. The van der Waals surface area contributed by atoms with Gasteiger partial charge in [0.25, 0.3) is 0 Å². The van der Waals surface area contributed by atoms with E-state index < -0.39 is 10.0 Å². The average Bonchev–Trinajstić information content (AvgIpc) is 2.79. The molecular formula is C12H16N4O2S. The Kier molecular flexibility index (Phi) is 3.59. The summed E-state index contributed by atoms with van der Waals surface area (Å²) in [6.45, 7) is 1.89. The van der Waals surface area contributed by atoms with E-state index in [1.165, 1.54) is 17.5 Å². The van der Waals surface area contributed by atoms with E-state index in [2.05, 4.69) is 10.2 Å². The second kappa shape index (κ2) is 5.02. The summed E-state index contributed by atoms with van der Waals surface area (Å²) >= 11 is 0. The van der Waals surface area contributed by atoms with E-state index in [-0.39, 0.29) is 11.4 Å². The Morgan fingerprint density at radius 3 is 2.63 bits per heavy atom. The first-order valence-corrected chi connectivity index (χ1v) is 7.16. The van der Waals surface area contributed by atoms with Gasteiger partial charge in [0.1, 0.15) is 4.90 Å². The Morgan fingerprint density at radius 2 is 2.05 bits per heavy atom. The number of sulfonamides is 1. The summed E-state index contributed by atoms with van der Waals surface area (Å²) in [6.07, 6.45) is 1.31. The van der Waals surface area contributed by atoms with E-state index >= 15 is 0 Å². The first kappa shape index (κ1) is 13.6. The number of aromatic nitrogens is 2. The van der Waals surface area contributed by atoms with Crippen molar-refractivity contribution in [1.29, 1.82) is 0 Å². The zero-order chi connectivity index (χ0) is 14.0. The third-order valence-corrected chi connectivity index (χ3v) is 4.84.